The van der Waals surface area contributed by atoms with Crippen molar-refractivity contribution in [2.24, 2.45) is 0 Å². The van der Waals surface area contributed by atoms with Crippen LogP contribution in [-0.2, 0) is 8.39 Å². The van der Waals surface area contributed by atoms with Gasteiger partial charge < -0.3 is 0 Å². The zero-order valence-electron chi connectivity index (χ0n) is 3.25. The van der Waals surface area contributed by atoms with Gasteiger partial charge in [0.15, 0.2) is 0 Å². The Morgan fingerprint density at radius 2 is 1.86 bits per heavy atom. The van der Waals surface area contributed by atoms with Crippen LogP contribution >= 0.6 is 28.7 Å². The van der Waals surface area contributed by atoms with E-state index in [4.69, 9.17) is 0 Å². The van der Waals surface area contributed by atoms with Crippen LogP contribution in [0.3, 0.4) is 0 Å². The van der Waals surface area contributed by atoms with Gasteiger partial charge in [-0.05, 0) is 0 Å². The summed E-state index contributed by atoms with van der Waals surface area (Å²) in [7, 11) is 1.88. The third-order valence-electron chi connectivity index (χ3n) is 1.39. The first kappa shape index (κ1) is 4.14. The first-order valence-corrected chi connectivity index (χ1v) is 8.32. The molecule has 3 fully saturated rings. The van der Waals surface area contributed by atoms with Crippen molar-refractivity contribution in [1.29, 1.82) is 0 Å². The van der Waals surface area contributed by atoms with E-state index in [2.05, 4.69) is 6.72 Å². The van der Waals surface area contributed by atoms with Gasteiger partial charge in [0.2, 0.25) is 0 Å². The fourth-order valence-electron chi connectivity index (χ4n) is 0.712. The maximum atomic E-state index is 10.9. The van der Waals surface area contributed by atoms with Crippen LogP contribution < -0.4 is 0 Å². The summed E-state index contributed by atoms with van der Waals surface area (Å²) < 4.78 is 11.2. The molecular formula is CHBOS4. The Kier molecular flexibility index (Phi) is 0.373. The van der Waals surface area contributed by atoms with Gasteiger partial charge in [0.1, 0.15) is 0 Å². The van der Waals surface area contributed by atoms with Gasteiger partial charge in [0.05, 0.1) is 0 Å². The third-order valence-corrected chi connectivity index (χ3v) is 26.2. The van der Waals surface area contributed by atoms with Crippen molar-refractivity contribution >= 4 is 43.8 Å². The summed E-state index contributed by atoms with van der Waals surface area (Å²) in [5.41, 5.74) is 0. The molecular weight excluding hydrogens is 167 g/mol. The van der Waals surface area contributed by atoms with Crippen LogP contribution in [0.25, 0.3) is 0 Å². The minimum atomic E-state index is -1.41. The Balaban J connectivity index is 2.54. The summed E-state index contributed by atoms with van der Waals surface area (Å²) in [6.07, 6.45) is 0. The van der Waals surface area contributed by atoms with Crippen LogP contribution in [0, 0.1) is 0 Å². The van der Waals surface area contributed by atoms with E-state index in [0.29, 0.717) is 2.74 Å². The van der Waals surface area contributed by atoms with Crippen LogP contribution in [0.1, 0.15) is 0 Å². The number of hydrogen-bond donors (Lipinski definition) is 0. The van der Waals surface area contributed by atoms with Gasteiger partial charge in [-0.1, -0.05) is 0 Å². The van der Waals surface area contributed by atoms with E-state index >= 15 is 0 Å². The van der Waals surface area contributed by atoms with E-state index in [-0.39, 0.29) is 0 Å². The van der Waals surface area contributed by atoms with E-state index in [1.165, 1.54) is 0 Å². The molecule has 0 aromatic carbocycles. The molecule has 0 aromatic heterocycles. The van der Waals surface area contributed by atoms with E-state index in [1.54, 1.807) is 0 Å². The average molecular weight is 168 g/mol. The van der Waals surface area contributed by atoms with Gasteiger partial charge in [-0.2, -0.15) is 0 Å². The second-order valence-electron chi connectivity index (χ2n) is 1.74. The molecule has 3 aliphatic rings. The molecule has 3 aliphatic heterocycles. The fourth-order valence-corrected chi connectivity index (χ4v) is 28.2. The molecule has 1 atom stereocenters. The summed E-state index contributed by atoms with van der Waals surface area (Å²) in [5.74, 6) is 0. The Labute approximate surface area is 50.8 Å². The van der Waals surface area contributed by atoms with Crippen molar-refractivity contribution in [3.8, 4) is 0 Å². The van der Waals surface area contributed by atoms with Gasteiger partial charge in [0, 0.05) is 0 Å². The summed E-state index contributed by atoms with van der Waals surface area (Å²) in [4.78, 5) is 0. The Morgan fingerprint density at radius 1 is 1.57 bits per heavy atom. The van der Waals surface area contributed by atoms with Gasteiger partial charge >= 0.3 is 50.8 Å². The first-order chi connectivity index (χ1) is 3.16. The van der Waals surface area contributed by atoms with Crippen LogP contribution in [0.4, 0.5) is 0 Å². The molecule has 6 heteroatoms. The van der Waals surface area contributed by atoms with Crippen molar-refractivity contribution in [2.45, 2.75) is 2.74 Å². The molecule has 0 amide bonds. The summed E-state index contributed by atoms with van der Waals surface area (Å²) in [6.45, 7) is 3.65. The van der Waals surface area contributed by atoms with Crippen LogP contribution in [-0.4, -0.2) is 13.7 Å². The van der Waals surface area contributed by atoms with Crippen molar-refractivity contribution in [2.75, 3.05) is 0 Å². The molecule has 0 N–H and O–H groups in total. The van der Waals surface area contributed by atoms with Crippen molar-refractivity contribution < 1.29 is 4.21 Å². The molecule has 0 bridgehead atoms. The van der Waals surface area contributed by atoms with Gasteiger partial charge in [-0.25, -0.2) is 0 Å². The molecule has 3 heterocycles. The predicted molar refractivity (Wildman–Crippen MR) is 40.8 cm³/mol. The second kappa shape index (κ2) is 0.631. The quantitative estimate of drug-likeness (QED) is 0.302. The molecule has 3 saturated heterocycles. The molecule has 0 spiro atoms. The van der Waals surface area contributed by atoms with Crippen LogP contribution in [0.15, 0.2) is 0 Å². The topological polar surface area (TPSA) is 17.1 Å². The second-order valence-corrected chi connectivity index (χ2v) is 17.2. The van der Waals surface area contributed by atoms with E-state index < -0.39 is 15.5 Å². The van der Waals surface area contributed by atoms with E-state index in [9.17, 15) is 4.21 Å². The third kappa shape index (κ3) is 0.172. The Morgan fingerprint density at radius 3 is 1.86 bits per heavy atom. The Bertz CT molecular complexity index is 237. The summed E-state index contributed by atoms with van der Waals surface area (Å²) >= 11 is 0. The minimum absolute atomic E-state index is 0.292. The molecule has 0 saturated carbocycles. The summed E-state index contributed by atoms with van der Waals surface area (Å²) in [6, 6.07) is 0. The molecule has 0 aliphatic carbocycles. The predicted octanol–water partition coefficient (Wildman–Crippen LogP) is 0.755. The monoisotopic (exact) mass is 168 g/mol. The Hall–Kier alpha value is 1.26. The zero-order valence-corrected chi connectivity index (χ0v) is 6.51. The van der Waals surface area contributed by atoms with Gasteiger partial charge in [0.25, 0.3) is 0 Å². The van der Waals surface area contributed by atoms with Crippen molar-refractivity contribution in [1.82, 2.24) is 0 Å². The fraction of sp³-hybridized carbons (Fsp3) is 1.00. The molecule has 3 rings (SSSR count). The van der Waals surface area contributed by atoms with Gasteiger partial charge in [-0.3, -0.25) is 0 Å². The SMILES string of the molecule is B=S1(=O)C23SS21S3. The summed E-state index contributed by atoms with van der Waals surface area (Å²) in [5, 5.41) is 0. The molecule has 1 unspecified atom stereocenters. The normalized spacial score (nSPS) is 98.7. The maximum absolute atomic E-state index is 10.9. The zero-order chi connectivity index (χ0) is 4.91. The van der Waals surface area contributed by atoms with Crippen LogP contribution in [0.5, 0.6) is 0 Å². The molecule has 38 valence electrons. The molecule has 1 nitrogen and oxygen atoms in total. The van der Waals surface area contributed by atoms with E-state index in [1.807, 2.05) is 21.6 Å². The molecule has 0 aromatic rings. The van der Waals surface area contributed by atoms with Crippen LogP contribution in [0.2, 0.25) is 0 Å². The number of rotatable bonds is 0. The molecule has 0 radical (unpaired) electrons. The standard InChI is InChI=1S/CHBOS4/c2-6(3)1-4-7(1,6)5-1/h2H. The van der Waals surface area contributed by atoms with E-state index in [0.717, 1.165) is 0 Å². The van der Waals surface area contributed by atoms with Crippen molar-refractivity contribution in [3.63, 3.8) is 0 Å². The first-order valence-electron chi connectivity index (χ1n) is 1.77. The molecule has 7 heavy (non-hydrogen) atoms. The average Bonchev–Trinajstić information content (AvgIpc) is 2.11. The number of hydrogen-bond acceptors (Lipinski definition) is 3. The van der Waals surface area contributed by atoms with Crippen molar-refractivity contribution in [3.05, 3.63) is 0 Å². The van der Waals surface area contributed by atoms with Gasteiger partial charge in [-0.15, -0.1) is 0 Å².